The molecule has 0 unspecified atom stereocenters. The Labute approximate surface area is 161 Å². The molecule has 0 atom stereocenters. The quantitative estimate of drug-likeness (QED) is 0.540. The zero-order chi connectivity index (χ0) is 18.5. The summed E-state index contributed by atoms with van der Waals surface area (Å²) in [6.45, 7) is 0.869. The summed E-state index contributed by atoms with van der Waals surface area (Å²) in [5.74, 6) is 1.02. The number of allylic oxidation sites excluding steroid dienone is 1. The SMILES string of the molecule is O=C(/C=C/c1cnc2ccccc2n1)c1ccc(NC2=NCCCS2)cc1. The van der Waals surface area contributed by atoms with Gasteiger partial charge in [-0.15, -0.1) is 0 Å². The van der Waals surface area contributed by atoms with Gasteiger partial charge in [-0.2, -0.15) is 0 Å². The van der Waals surface area contributed by atoms with Crippen molar-refractivity contribution in [2.75, 3.05) is 17.6 Å². The topological polar surface area (TPSA) is 67.2 Å². The van der Waals surface area contributed by atoms with Gasteiger partial charge in [0.2, 0.25) is 0 Å². The van der Waals surface area contributed by atoms with Gasteiger partial charge in [-0.1, -0.05) is 23.9 Å². The highest BCUT2D eigenvalue weighted by molar-refractivity contribution is 8.14. The Morgan fingerprint density at radius 2 is 1.89 bits per heavy atom. The molecule has 1 N–H and O–H groups in total. The lowest BCUT2D eigenvalue weighted by Crippen LogP contribution is -2.13. The molecule has 0 saturated heterocycles. The molecule has 0 radical (unpaired) electrons. The maximum absolute atomic E-state index is 12.4. The van der Waals surface area contributed by atoms with E-state index in [0.717, 1.165) is 40.6 Å². The van der Waals surface area contributed by atoms with Crippen molar-refractivity contribution < 1.29 is 4.79 Å². The second-order valence-electron chi connectivity index (χ2n) is 6.07. The normalized spacial score (nSPS) is 14.3. The number of ketones is 1. The largest absolute Gasteiger partial charge is 0.335 e. The number of thioether (sulfide) groups is 1. The molecule has 0 aliphatic carbocycles. The third-order valence-electron chi connectivity index (χ3n) is 4.09. The molecular formula is C21H18N4OS. The summed E-state index contributed by atoms with van der Waals surface area (Å²) in [5, 5.41) is 4.23. The number of nitrogens with one attached hydrogen (secondary N) is 1. The maximum atomic E-state index is 12.4. The molecule has 5 nitrogen and oxygen atoms in total. The second kappa shape index (κ2) is 8.14. The lowest BCUT2D eigenvalue weighted by molar-refractivity contribution is 0.104. The van der Waals surface area contributed by atoms with E-state index in [0.29, 0.717) is 11.3 Å². The molecule has 0 bridgehead atoms. The first kappa shape index (κ1) is 17.4. The van der Waals surface area contributed by atoms with Crippen LogP contribution >= 0.6 is 11.8 Å². The van der Waals surface area contributed by atoms with Crippen molar-refractivity contribution in [1.82, 2.24) is 9.97 Å². The third kappa shape index (κ3) is 4.41. The smallest absolute Gasteiger partial charge is 0.185 e. The zero-order valence-electron chi connectivity index (χ0n) is 14.6. The number of amidine groups is 1. The van der Waals surface area contributed by atoms with E-state index in [4.69, 9.17) is 0 Å². The van der Waals surface area contributed by atoms with E-state index in [1.54, 1.807) is 24.0 Å². The fourth-order valence-electron chi connectivity index (χ4n) is 2.69. The first-order chi connectivity index (χ1) is 13.3. The predicted molar refractivity (Wildman–Crippen MR) is 112 cm³/mol. The number of nitrogens with zero attached hydrogens (tertiary/aromatic N) is 3. The summed E-state index contributed by atoms with van der Waals surface area (Å²) in [6, 6.07) is 15.1. The molecule has 0 spiro atoms. The molecular weight excluding hydrogens is 356 g/mol. The van der Waals surface area contributed by atoms with Crippen molar-refractivity contribution in [3.05, 3.63) is 72.1 Å². The Bertz CT molecular complexity index is 1030. The molecule has 27 heavy (non-hydrogen) atoms. The summed E-state index contributed by atoms with van der Waals surface area (Å²) >= 11 is 1.72. The van der Waals surface area contributed by atoms with Gasteiger partial charge >= 0.3 is 0 Å². The van der Waals surface area contributed by atoms with Crippen LogP contribution in [0.25, 0.3) is 17.1 Å². The number of hydrogen-bond donors (Lipinski definition) is 1. The number of benzene rings is 2. The van der Waals surface area contributed by atoms with E-state index in [1.807, 2.05) is 48.5 Å². The predicted octanol–water partition coefficient (Wildman–Crippen LogP) is 4.43. The number of para-hydroxylation sites is 2. The minimum Gasteiger partial charge on any atom is -0.335 e. The summed E-state index contributed by atoms with van der Waals surface area (Å²) in [7, 11) is 0. The van der Waals surface area contributed by atoms with Gasteiger partial charge in [-0.25, -0.2) is 4.98 Å². The number of carbonyl (C=O) groups excluding carboxylic acids is 1. The first-order valence-corrected chi connectivity index (χ1v) is 9.75. The molecule has 6 heteroatoms. The van der Waals surface area contributed by atoms with Gasteiger partial charge in [-0.3, -0.25) is 14.8 Å². The number of carbonyl (C=O) groups is 1. The number of anilines is 1. The summed E-state index contributed by atoms with van der Waals surface area (Å²) in [4.78, 5) is 25.7. The Morgan fingerprint density at radius 3 is 2.67 bits per heavy atom. The minimum absolute atomic E-state index is 0.0686. The highest BCUT2D eigenvalue weighted by Crippen LogP contribution is 2.17. The number of rotatable bonds is 4. The molecule has 2 aromatic carbocycles. The van der Waals surface area contributed by atoms with E-state index in [1.165, 1.54) is 6.08 Å². The highest BCUT2D eigenvalue weighted by atomic mass is 32.2. The first-order valence-electron chi connectivity index (χ1n) is 8.76. The van der Waals surface area contributed by atoms with Crippen molar-refractivity contribution >= 4 is 45.5 Å². The fourth-order valence-corrected chi connectivity index (χ4v) is 3.53. The Morgan fingerprint density at radius 1 is 1.07 bits per heavy atom. The van der Waals surface area contributed by atoms with Crippen LogP contribution in [0.15, 0.2) is 65.8 Å². The summed E-state index contributed by atoms with van der Waals surface area (Å²) in [5.41, 5.74) is 3.87. The summed E-state index contributed by atoms with van der Waals surface area (Å²) in [6.07, 6.45) is 6.02. The highest BCUT2D eigenvalue weighted by Gasteiger charge is 2.07. The van der Waals surface area contributed by atoms with Gasteiger partial charge < -0.3 is 5.32 Å². The lowest BCUT2D eigenvalue weighted by Gasteiger charge is -2.13. The monoisotopic (exact) mass is 374 g/mol. The van der Waals surface area contributed by atoms with Crippen molar-refractivity contribution in [2.45, 2.75) is 6.42 Å². The van der Waals surface area contributed by atoms with Gasteiger partial charge in [0.1, 0.15) is 0 Å². The molecule has 0 fully saturated rings. The molecule has 134 valence electrons. The molecule has 2 heterocycles. The average Bonchev–Trinajstić information content (AvgIpc) is 2.73. The molecule has 3 aromatic rings. The van der Waals surface area contributed by atoms with E-state index in [9.17, 15) is 4.79 Å². The van der Waals surface area contributed by atoms with Crippen LogP contribution in [-0.4, -0.2) is 33.2 Å². The van der Waals surface area contributed by atoms with E-state index < -0.39 is 0 Å². The second-order valence-corrected chi connectivity index (χ2v) is 7.16. The van der Waals surface area contributed by atoms with E-state index >= 15 is 0 Å². The van der Waals surface area contributed by atoms with E-state index in [2.05, 4.69) is 20.3 Å². The van der Waals surface area contributed by atoms with Crippen LogP contribution in [0.3, 0.4) is 0 Å². The molecule has 0 saturated carbocycles. The van der Waals surface area contributed by atoms with Crippen molar-refractivity contribution in [3.63, 3.8) is 0 Å². The molecule has 4 rings (SSSR count). The van der Waals surface area contributed by atoms with Crippen LogP contribution in [0, 0.1) is 0 Å². The molecule has 1 aliphatic rings. The number of fused-ring (bicyclic) bond motifs is 1. The van der Waals surface area contributed by atoms with Crippen LogP contribution in [0.5, 0.6) is 0 Å². The lowest BCUT2D eigenvalue weighted by atomic mass is 10.1. The number of aliphatic imine (C=N–C) groups is 1. The molecule has 1 aromatic heterocycles. The molecule has 1 aliphatic heterocycles. The van der Waals surface area contributed by atoms with E-state index in [-0.39, 0.29) is 5.78 Å². The maximum Gasteiger partial charge on any atom is 0.185 e. The van der Waals surface area contributed by atoms with Crippen molar-refractivity contribution in [1.29, 1.82) is 0 Å². The standard InChI is InChI=1S/C21H18N4OS/c26-20(11-10-17-14-23-18-4-1-2-5-19(18)24-17)15-6-8-16(9-7-15)25-21-22-12-3-13-27-21/h1-2,4-11,14H,3,12-13H2,(H,22,25)/b11-10+. The summed E-state index contributed by atoms with van der Waals surface area (Å²) < 4.78 is 0. The number of aromatic nitrogens is 2. The Balaban J connectivity index is 1.43. The third-order valence-corrected chi connectivity index (χ3v) is 5.09. The van der Waals surface area contributed by atoms with Crippen molar-refractivity contribution in [2.24, 2.45) is 4.99 Å². The van der Waals surface area contributed by atoms with Crippen LogP contribution in [0.2, 0.25) is 0 Å². The molecule has 0 amide bonds. The Hall–Kier alpha value is -2.99. The zero-order valence-corrected chi connectivity index (χ0v) is 15.4. The van der Waals surface area contributed by atoms with Gasteiger partial charge in [0.25, 0.3) is 0 Å². The van der Waals surface area contributed by atoms with Gasteiger partial charge in [0, 0.05) is 23.5 Å². The van der Waals surface area contributed by atoms with Crippen LogP contribution in [0.1, 0.15) is 22.5 Å². The van der Waals surface area contributed by atoms with Crippen molar-refractivity contribution in [3.8, 4) is 0 Å². The van der Waals surface area contributed by atoms with Gasteiger partial charge in [0.15, 0.2) is 11.0 Å². The van der Waals surface area contributed by atoms with Crippen LogP contribution in [-0.2, 0) is 0 Å². The average molecular weight is 374 g/mol. The minimum atomic E-state index is -0.0686. The van der Waals surface area contributed by atoms with Gasteiger partial charge in [-0.05, 0) is 55.0 Å². The van der Waals surface area contributed by atoms with Gasteiger partial charge in [0.05, 0.1) is 22.9 Å². The fraction of sp³-hybridized carbons (Fsp3) is 0.143. The van der Waals surface area contributed by atoms with Crippen LogP contribution < -0.4 is 5.32 Å². The van der Waals surface area contributed by atoms with Crippen LogP contribution in [0.4, 0.5) is 5.69 Å². The number of hydrogen-bond acceptors (Lipinski definition) is 6. The Kier molecular flexibility index (Phi) is 5.25.